The fourth-order valence-corrected chi connectivity index (χ4v) is 2.64. The van der Waals surface area contributed by atoms with Crippen LogP contribution in [0.3, 0.4) is 0 Å². The highest BCUT2D eigenvalue weighted by atomic mass is 16.1. The maximum Gasteiger partial charge on any atom is 0.169 e. The van der Waals surface area contributed by atoms with Crippen molar-refractivity contribution < 1.29 is 4.79 Å². The number of anilines is 1. The molecule has 6 nitrogen and oxygen atoms in total. The first-order valence-corrected chi connectivity index (χ1v) is 7.50. The number of ketones is 1. The van der Waals surface area contributed by atoms with Gasteiger partial charge in [0.05, 0.1) is 11.8 Å². The zero-order valence-corrected chi connectivity index (χ0v) is 12.4. The molecule has 2 aromatic heterocycles. The Hall–Kier alpha value is -1.95. The van der Waals surface area contributed by atoms with Gasteiger partial charge in [-0.1, -0.05) is 13.8 Å². The predicted octanol–water partition coefficient (Wildman–Crippen LogP) is 1.96. The summed E-state index contributed by atoms with van der Waals surface area (Å²) >= 11 is 0. The molecule has 0 spiro atoms. The average molecular weight is 287 g/mol. The van der Waals surface area contributed by atoms with Gasteiger partial charge in [-0.25, -0.2) is 9.97 Å². The van der Waals surface area contributed by atoms with E-state index in [1.54, 1.807) is 12.4 Å². The van der Waals surface area contributed by atoms with E-state index in [1.165, 1.54) is 0 Å². The van der Waals surface area contributed by atoms with Gasteiger partial charge < -0.3 is 15.6 Å². The van der Waals surface area contributed by atoms with Crippen LogP contribution in [0.2, 0.25) is 0 Å². The molecule has 1 aliphatic heterocycles. The monoisotopic (exact) mass is 287 g/mol. The molecule has 1 fully saturated rings. The Bertz CT molecular complexity index is 643. The third kappa shape index (κ3) is 2.90. The van der Waals surface area contributed by atoms with Crippen molar-refractivity contribution in [3.63, 3.8) is 0 Å². The minimum atomic E-state index is -0.0492. The molecule has 0 unspecified atom stereocenters. The number of nitrogens with zero attached hydrogens (tertiary/aromatic N) is 2. The standard InChI is InChI=1S/C15H21N5O/c1-9(2)14(21)11-7-17-15-13(11)20-12(8-18-15)19-10-3-5-16-6-4-10/h7-10,16H,3-6H2,1-2H3,(H,17,18)(H,19,20). The Balaban J connectivity index is 1.87. The van der Waals surface area contributed by atoms with Gasteiger partial charge in [0.1, 0.15) is 11.3 Å². The van der Waals surface area contributed by atoms with E-state index in [2.05, 4.69) is 25.6 Å². The Morgan fingerprint density at radius 1 is 1.38 bits per heavy atom. The molecule has 2 aromatic rings. The number of nitrogens with one attached hydrogen (secondary N) is 3. The summed E-state index contributed by atoms with van der Waals surface area (Å²) in [5.74, 6) is 0.785. The SMILES string of the molecule is CC(C)C(=O)c1c[nH]c2ncc(NC3CCNCC3)nc12. The number of piperidine rings is 1. The zero-order chi connectivity index (χ0) is 14.8. The zero-order valence-electron chi connectivity index (χ0n) is 12.4. The second-order valence-corrected chi connectivity index (χ2v) is 5.84. The molecule has 3 rings (SSSR count). The highest BCUT2D eigenvalue weighted by Crippen LogP contribution is 2.20. The number of hydrogen-bond donors (Lipinski definition) is 3. The molecule has 3 N–H and O–H groups in total. The van der Waals surface area contributed by atoms with E-state index in [4.69, 9.17) is 0 Å². The van der Waals surface area contributed by atoms with E-state index in [0.717, 1.165) is 31.7 Å². The smallest absolute Gasteiger partial charge is 0.169 e. The second-order valence-electron chi connectivity index (χ2n) is 5.84. The molecule has 1 saturated heterocycles. The number of Topliss-reactive ketones (excluding diaryl/α,β-unsaturated/α-hetero) is 1. The number of carbonyl (C=O) groups is 1. The van der Waals surface area contributed by atoms with Gasteiger partial charge in [0, 0.05) is 18.2 Å². The molecule has 0 atom stereocenters. The lowest BCUT2D eigenvalue weighted by atomic mass is 10.0. The number of aromatic nitrogens is 3. The predicted molar refractivity (Wildman–Crippen MR) is 82.6 cm³/mol. The Morgan fingerprint density at radius 3 is 2.86 bits per heavy atom. The lowest BCUT2D eigenvalue weighted by Gasteiger charge is -2.23. The fourth-order valence-electron chi connectivity index (χ4n) is 2.64. The lowest BCUT2D eigenvalue weighted by Crippen LogP contribution is -2.35. The van der Waals surface area contributed by atoms with Crippen molar-refractivity contribution in [3.05, 3.63) is 18.0 Å². The Kier molecular flexibility index (Phi) is 3.88. The molecule has 3 heterocycles. The molecule has 112 valence electrons. The molecular formula is C15H21N5O. The summed E-state index contributed by atoms with van der Waals surface area (Å²) in [6, 6.07) is 0.418. The van der Waals surface area contributed by atoms with Crippen LogP contribution in [0, 0.1) is 5.92 Å². The molecule has 0 bridgehead atoms. The van der Waals surface area contributed by atoms with E-state index in [-0.39, 0.29) is 11.7 Å². The molecule has 0 aromatic carbocycles. The minimum Gasteiger partial charge on any atom is -0.366 e. The quantitative estimate of drug-likeness (QED) is 0.749. The number of H-pyrrole nitrogens is 1. The fraction of sp³-hybridized carbons (Fsp3) is 0.533. The van der Waals surface area contributed by atoms with Gasteiger partial charge in [-0.3, -0.25) is 4.79 Å². The Labute approximate surface area is 123 Å². The summed E-state index contributed by atoms with van der Waals surface area (Å²) in [5.41, 5.74) is 1.95. The molecule has 0 radical (unpaired) electrons. The normalized spacial score (nSPS) is 16.5. The van der Waals surface area contributed by atoms with Crippen LogP contribution in [0.25, 0.3) is 11.2 Å². The van der Waals surface area contributed by atoms with E-state index in [0.29, 0.717) is 22.8 Å². The third-order valence-corrected chi connectivity index (χ3v) is 3.86. The molecule has 1 aliphatic rings. The summed E-state index contributed by atoms with van der Waals surface area (Å²) < 4.78 is 0. The van der Waals surface area contributed by atoms with Crippen molar-refractivity contribution in [1.82, 2.24) is 20.3 Å². The van der Waals surface area contributed by atoms with Gasteiger partial charge in [-0.15, -0.1) is 0 Å². The van der Waals surface area contributed by atoms with Crippen LogP contribution in [-0.2, 0) is 0 Å². The molecule has 21 heavy (non-hydrogen) atoms. The van der Waals surface area contributed by atoms with Crippen molar-refractivity contribution in [1.29, 1.82) is 0 Å². The first-order chi connectivity index (χ1) is 10.1. The average Bonchev–Trinajstić information content (AvgIpc) is 2.90. The van der Waals surface area contributed by atoms with Crippen LogP contribution in [0.5, 0.6) is 0 Å². The van der Waals surface area contributed by atoms with E-state index >= 15 is 0 Å². The van der Waals surface area contributed by atoms with Gasteiger partial charge in [-0.2, -0.15) is 0 Å². The summed E-state index contributed by atoms with van der Waals surface area (Å²) in [6.07, 6.45) is 5.58. The highest BCUT2D eigenvalue weighted by Gasteiger charge is 2.18. The minimum absolute atomic E-state index is 0.0492. The van der Waals surface area contributed by atoms with E-state index < -0.39 is 0 Å². The van der Waals surface area contributed by atoms with Gasteiger partial charge >= 0.3 is 0 Å². The molecule has 0 aliphatic carbocycles. The number of aromatic amines is 1. The van der Waals surface area contributed by atoms with Crippen molar-refractivity contribution in [2.24, 2.45) is 5.92 Å². The third-order valence-electron chi connectivity index (χ3n) is 3.86. The van der Waals surface area contributed by atoms with E-state index in [9.17, 15) is 4.79 Å². The first kappa shape index (κ1) is 14.0. The van der Waals surface area contributed by atoms with Gasteiger partial charge in [0.25, 0.3) is 0 Å². The first-order valence-electron chi connectivity index (χ1n) is 7.50. The number of rotatable bonds is 4. The summed E-state index contributed by atoms with van der Waals surface area (Å²) in [5, 5.41) is 6.76. The number of carbonyl (C=O) groups excluding carboxylic acids is 1. The summed E-state index contributed by atoms with van der Waals surface area (Å²) in [6.45, 7) is 5.83. The van der Waals surface area contributed by atoms with Gasteiger partial charge in [-0.05, 0) is 25.9 Å². The van der Waals surface area contributed by atoms with Crippen LogP contribution in [-0.4, -0.2) is 39.9 Å². The molecule has 6 heteroatoms. The van der Waals surface area contributed by atoms with Crippen LogP contribution >= 0.6 is 0 Å². The highest BCUT2D eigenvalue weighted by molar-refractivity contribution is 6.06. The molecule has 0 amide bonds. The maximum absolute atomic E-state index is 12.2. The van der Waals surface area contributed by atoms with Crippen LogP contribution in [0.1, 0.15) is 37.0 Å². The maximum atomic E-state index is 12.2. The van der Waals surface area contributed by atoms with Crippen molar-refractivity contribution in [2.75, 3.05) is 18.4 Å². The van der Waals surface area contributed by atoms with Crippen molar-refractivity contribution in [3.8, 4) is 0 Å². The van der Waals surface area contributed by atoms with E-state index in [1.807, 2.05) is 13.8 Å². The second kappa shape index (κ2) is 5.81. The van der Waals surface area contributed by atoms with Crippen LogP contribution in [0.15, 0.2) is 12.4 Å². The molecule has 0 saturated carbocycles. The van der Waals surface area contributed by atoms with Crippen molar-refractivity contribution >= 4 is 22.8 Å². The summed E-state index contributed by atoms with van der Waals surface area (Å²) in [4.78, 5) is 24.2. The van der Waals surface area contributed by atoms with Gasteiger partial charge in [0.15, 0.2) is 11.4 Å². The van der Waals surface area contributed by atoms with Crippen LogP contribution < -0.4 is 10.6 Å². The topological polar surface area (TPSA) is 82.7 Å². The Morgan fingerprint density at radius 2 is 2.14 bits per heavy atom. The van der Waals surface area contributed by atoms with Gasteiger partial charge in [0.2, 0.25) is 0 Å². The van der Waals surface area contributed by atoms with Crippen LogP contribution in [0.4, 0.5) is 5.82 Å². The van der Waals surface area contributed by atoms with Crippen molar-refractivity contribution in [2.45, 2.75) is 32.7 Å². The largest absolute Gasteiger partial charge is 0.366 e. The number of hydrogen-bond acceptors (Lipinski definition) is 5. The molecular weight excluding hydrogens is 266 g/mol. The number of fused-ring (bicyclic) bond motifs is 1. The summed E-state index contributed by atoms with van der Waals surface area (Å²) in [7, 11) is 0. The lowest BCUT2D eigenvalue weighted by molar-refractivity contribution is 0.0941.